The number of hydrogen-bond donors (Lipinski definition) is 2. The largest absolute Gasteiger partial charge is 0.370 e. The number of anilines is 2. The Kier molecular flexibility index (Phi) is 5.44. The molecule has 1 saturated heterocycles. The van der Waals surface area contributed by atoms with E-state index in [1.54, 1.807) is 0 Å². The molecular formula is C18H26ClN3O. The number of carbonyl (C=O) groups excluding carboxylic acids is 1. The Balaban J connectivity index is 1.78. The van der Waals surface area contributed by atoms with Crippen molar-refractivity contribution in [3.05, 3.63) is 23.2 Å². The van der Waals surface area contributed by atoms with Crippen LogP contribution in [0.25, 0.3) is 0 Å². The van der Waals surface area contributed by atoms with E-state index in [9.17, 15) is 4.79 Å². The minimum atomic E-state index is 0.0354. The van der Waals surface area contributed by atoms with Crippen LogP contribution in [0.2, 0.25) is 5.02 Å². The van der Waals surface area contributed by atoms with Gasteiger partial charge in [0.15, 0.2) is 0 Å². The number of halogens is 1. The van der Waals surface area contributed by atoms with E-state index in [0.29, 0.717) is 17.5 Å². The summed E-state index contributed by atoms with van der Waals surface area (Å²) >= 11 is 6.17. The van der Waals surface area contributed by atoms with Crippen LogP contribution >= 0.6 is 11.6 Å². The Morgan fingerprint density at radius 3 is 2.74 bits per heavy atom. The van der Waals surface area contributed by atoms with Crippen LogP contribution in [0, 0.1) is 11.8 Å². The molecule has 0 aromatic heterocycles. The molecule has 3 N–H and O–H groups in total. The molecule has 0 radical (unpaired) electrons. The van der Waals surface area contributed by atoms with E-state index in [0.717, 1.165) is 43.7 Å². The van der Waals surface area contributed by atoms with Crippen molar-refractivity contribution in [2.75, 3.05) is 29.9 Å². The van der Waals surface area contributed by atoms with Crippen LogP contribution < -0.4 is 16.0 Å². The molecule has 3 rings (SSSR count). The maximum absolute atomic E-state index is 12.7. The van der Waals surface area contributed by atoms with Crippen molar-refractivity contribution in [3.63, 3.8) is 0 Å². The zero-order valence-electron chi connectivity index (χ0n) is 13.6. The number of nitrogens with two attached hydrogens (primary N) is 1. The third kappa shape index (κ3) is 3.81. The van der Waals surface area contributed by atoms with E-state index in [4.69, 9.17) is 17.3 Å². The lowest BCUT2D eigenvalue weighted by Crippen LogP contribution is -2.32. The molecule has 2 fully saturated rings. The van der Waals surface area contributed by atoms with Gasteiger partial charge < -0.3 is 16.0 Å². The fourth-order valence-corrected chi connectivity index (χ4v) is 4.08. The first-order valence-corrected chi connectivity index (χ1v) is 9.12. The van der Waals surface area contributed by atoms with E-state index in [2.05, 4.69) is 10.2 Å². The van der Waals surface area contributed by atoms with Gasteiger partial charge in [-0.2, -0.15) is 0 Å². The lowest BCUT2D eigenvalue weighted by Gasteiger charge is -2.31. The first-order valence-electron chi connectivity index (χ1n) is 8.74. The van der Waals surface area contributed by atoms with E-state index in [1.807, 2.05) is 18.2 Å². The highest BCUT2D eigenvalue weighted by Crippen LogP contribution is 2.35. The number of carbonyl (C=O) groups is 1. The van der Waals surface area contributed by atoms with Crippen LogP contribution in [0.15, 0.2) is 18.2 Å². The first kappa shape index (κ1) is 16.6. The van der Waals surface area contributed by atoms with Gasteiger partial charge in [-0.25, -0.2) is 0 Å². The van der Waals surface area contributed by atoms with E-state index in [-0.39, 0.29) is 11.8 Å². The number of rotatable bonds is 4. The second-order valence-corrected chi connectivity index (χ2v) is 7.17. The third-order valence-corrected chi connectivity index (χ3v) is 5.45. The van der Waals surface area contributed by atoms with Gasteiger partial charge in [-0.3, -0.25) is 4.79 Å². The molecule has 1 aromatic rings. The van der Waals surface area contributed by atoms with Gasteiger partial charge in [0.1, 0.15) is 0 Å². The molecular weight excluding hydrogens is 310 g/mol. The summed E-state index contributed by atoms with van der Waals surface area (Å²) in [5.41, 5.74) is 7.74. The maximum atomic E-state index is 12.7. The van der Waals surface area contributed by atoms with Gasteiger partial charge >= 0.3 is 0 Å². The minimum absolute atomic E-state index is 0.0354. The van der Waals surface area contributed by atoms with Gasteiger partial charge in [0.25, 0.3) is 0 Å². The number of nitrogens with one attached hydrogen (secondary N) is 1. The van der Waals surface area contributed by atoms with Gasteiger partial charge in [-0.05, 0) is 62.8 Å². The topological polar surface area (TPSA) is 58.4 Å². The molecule has 1 aromatic carbocycles. The second-order valence-electron chi connectivity index (χ2n) is 6.73. The summed E-state index contributed by atoms with van der Waals surface area (Å²) in [7, 11) is 0. The Morgan fingerprint density at radius 1 is 1.22 bits per heavy atom. The molecule has 4 nitrogen and oxygen atoms in total. The molecule has 126 valence electrons. The Hall–Kier alpha value is -1.26. The second kappa shape index (κ2) is 7.54. The molecule has 2 atom stereocenters. The van der Waals surface area contributed by atoms with Crippen LogP contribution in [-0.2, 0) is 4.79 Å². The summed E-state index contributed by atoms with van der Waals surface area (Å²) in [6, 6.07) is 5.80. The Labute approximate surface area is 143 Å². The van der Waals surface area contributed by atoms with Crippen molar-refractivity contribution in [2.45, 2.75) is 38.5 Å². The monoisotopic (exact) mass is 335 g/mol. The normalized spacial score (nSPS) is 24.7. The average Bonchev–Trinajstić information content (AvgIpc) is 3.04. The first-order chi connectivity index (χ1) is 11.2. The Bertz CT molecular complexity index is 557. The van der Waals surface area contributed by atoms with Gasteiger partial charge in [0.2, 0.25) is 5.91 Å². The zero-order valence-corrected chi connectivity index (χ0v) is 14.3. The molecule has 1 amide bonds. The summed E-state index contributed by atoms with van der Waals surface area (Å²) < 4.78 is 0. The van der Waals surface area contributed by atoms with Gasteiger partial charge in [-0.1, -0.05) is 18.0 Å². The fourth-order valence-electron chi connectivity index (χ4n) is 3.91. The van der Waals surface area contributed by atoms with Crippen molar-refractivity contribution in [1.29, 1.82) is 0 Å². The number of piperidine rings is 1. The summed E-state index contributed by atoms with van der Waals surface area (Å²) in [6.45, 7) is 2.67. The van der Waals surface area contributed by atoms with Gasteiger partial charge in [0, 0.05) is 24.0 Å². The summed E-state index contributed by atoms with van der Waals surface area (Å²) in [5, 5.41) is 3.79. The van der Waals surface area contributed by atoms with E-state index >= 15 is 0 Å². The van der Waals surface area contributed by atoms with Crippen LogP contribution in [0.1, 0.15) is 38.5 Å². The zero-order chi connectivity index (χ0) is 16.2. The molecule has 1 aliphatic carbocycles. The highest BCUT2D eigenvalue weighted by atomic mass is 35.5. The van der Waals surface area contributed by atoms with Crippen molar-refractivity contribution >= 4 is 28.9 Å². The third-order valence-electron chi connectivity index (χ3n) is 5.21. The van der Waals surface area contributed by atoms with E-state index < -0.39 is 0 Å². The lowest BCUT2D eigenvalue weighted by atomic mass is 9.95. The molecule has 23 heavy (non-hydrogen) atoms. The standard InChI is InChI=1S/C18H26ClN3O/c19-14-7-8-17(22-9-2-1-3-10-22)16(11-14)21-18(23)15-6-4-5-13(15)12-20/h7-8,11,13,15H,1-6,9-10,12,20H2,(H,21,23)/t13-,15-/m1/s1. The van der Waals surface area contributed by atoms with E-state index in [1.165, 1.54) is 19.3 Å². The fraction of sp³-hybridized carbons (Fsp3) is 0.611. The summed E-state index contributed by atoms with van der Waals surface area (Å²) in [6.07, 6.45) is 6.78. The quantitative estimate of drug-likeness (QED) is 0.883. The molecule has 0 bridgehead atoms. The molecule has 1 aliphatic heterocycles. The molecule has 0 spiro atoms. The maximum Gasteiger partial charge on any atom is 0.227 e. The molecule has 1 saturated carbocycles. The number of nitrogens with zero attached hydrogens (tertiary/aromatic N) is 1. The minimum Gasteiger partial charge on any atom is -0.370 e. The summed E-state index contributed by atoms with van der Waals surface area (Å²) in [5.74, 6) is 0.444. The molecule has 1 heterocycles. The van der Waals surface area contributed by atoms with Crippen LogP contribution in [0.3, 0.4) is 0 Å². The number of hydrogen-bond acceptors (Lipinski definition) is 3. The molecule has 2 aliphatic rings. The van der Waals surface area contributed by atoms with Gasteiger partial charge in [0.05, 0.1) is 11.4 Å². The Morgan fingerprint density at radius 2 is 2.00 bits per heavy atom. The molecule has 0 unspecified atom stereocenters. The predicted octanol–water partition coefficient (Wildman–Crippen LogP) is 3.64. The summed E-state index contributed by atoms with van der Waals surface area (Å²) in [4.78, 5) is 15.1. The van der Waals surface area contributed by atoms with Crippen LogP contribution in [0.5, 0.6) is 0 Å². The average molecular weight is 336 g/mol. The van der Waals surface area contributed by atoms with Crippen LogP contribution in [-0.4, -0.2) is 25.5 Å². The smallest absolute Gasteiger partial charge is 0.227 e. The van der Waals surface area contributed by atoms with Crippen LogP contribution in [0.4, 0.5) is 11.4 Å². The molecule has 5 heteroatoms. The lowest BCUT2D eigenvalue weighted by molar-refractivity contribution is -0.120. The highest BCUT2D eigenvalue weighted by molar-refractivity contribution is 6.31. The van der Waals surface area contributed by atoms with Crippen molar-refractivity contribution in [1.82, 2.24) is 0 Å². The number of benzene rings is 1. The number of amides is 1. The SMILES string of the molecule is NC[C@H]1CCC[C@H]1C(=O)Nc1cc(Cl)ccc1N1CCCCC1. The highest BCUT2D eigenvalue weighted by Gasteiger charge is 2.32. The van der Waals surface area contributed by atoms with Crippen molar-refractivity contribution < 1.29 is 4.79 Å². The van der Waals surface area contributed by atoms with Crippen molar-refractivity contribution in [2.24, 2.45) is 17.6 Å². The van der Waals surface area contributed by atoms with Gasteiger partial charge in [-0.15, -0.1) is 0 Å². The van der Waals surface area contributed by atoms with Crippen molar-refractivity contribution in [3.8, 4) is 0 Å². The predicted molar refractivity (Wildman–Crippen MR) is 96.0 cm³/mol.